The normalized spacial score (nSPS) is 15.2. The first-order valence-electron chi connectivity index (χ1n) is 9.47. The molecule has 1 saturated heterocycles. The lowest BCUT2D eigenvalue weighted by atomic mass is 10.2. The molecule has 0 radical (unpaired) electrons. The Morgan fingerprint density at radius 3 is 2.72 bits per heavy atom. The van der Waals surface area contributed by atoms with Crippen LogP contribution in [0.15, 0.2) is 30.9 Å². The van der Waals surface area contributed by atoms with Gasteiger partial charge in [-0.3, -0.25) is 14.7 Å². The predicted octanol–water partition coefficient (Wildman–Crippen LogP) is 2.14. The second-order valence-corrected chi connectivity index (χ2v) is 7.70. The lowest BCUT2D eigenvalue weighted by Crippen LogP contribution is -2.49. The van der Waals surface area contributed by atoms with Crippen molar-refractivity contribution in [3.8, 4) is 0 Å². The quantitative estimate of drug-likeness (QED) is 0.673. The summed E-state index contributed by atoms with van der Waals surface area (Å²) in [6.07, 6.45) is 6.39. The molecule has 4 heterocycles. The highest BCUT2D eigenvalue weighted by Crippen LogP contribution is 2.27. The molecule has 4 rings (SSSR count). The minimum absolute atomic E-state index is 0.0910. The summed E-state index contributed by atoms with van der Waals surface area (Å²) in [4.78, 5) is 26.1. The maximum absolute atomic E-state index is 13.0. The van der Waals surface area contributed by atoms with E-state index in [1.54, 1.807) is 18.6 Å². The lowest BCUT2D eigenvalue weighted by Gasteiger charge is -2.38. The molecule has 1 aliphatic rings. The van der Waals surface area contributed by atoms with Crippen LogP contribution in [0, 0.1) is 0 Å². The van der Waals surface area contributed by atoms with Gasteiger partial charge in [0.15, 0.2) is 11.5 Å². The SMILES string of the molecule is CC(C)N1CCN(c2ccncc2NC(=O)c2c(N)nn3cc(Cl)cnc23)CC1. The van der Waals surface area contributed by atoms with Crippen molar-refractivity contribution in [3.05, 3.63) is 41.4 Å². The number of rotatable bonds is 4. The number of carbonyl (C=O) groups is 1. The van der Waals surface area contributed by atoms with E-state index in [9.17, 15) is 4.79 Å². The van der Waals surface area contributed by atoms with E-state index >= 15 is 0 Å². The second-order valence-electron chi connectivity index (χ2n) is 7.26. The van der Waals surface area contributed by atoms with Gasteiger partial charge >= 0.3 is 0 Å². The smallest absolute Gasteiger partial charge is 0.263 e. The molecule has 3 N–H and O–H groups in total. The zero-order chi connectivity index (χ0) is 20.5. The summed E-state index contributed by atoms with van der Waals surface area (Å²) in [5, 5.41) is 7.46. The number of hydrogen-bond donors (Lipinski definition) is 2. The zero-order valence-electron chi connectivity index (χ0n) is 16.3. The Kier molecular flexibility index (Phi) is 5.25. The van der Waals surface area contributed by atoms with Gasteiger partial charge in [-0.2, -0.15) is 0 Å². The van der Waals surface area contributed by atoms with E-state index in [-0.39, 0.29) is 17.3 Å². The van der Waals surface area contributed by atoms with Crippen molar-refractivity contribution in [1.29, 1.82) is 0 Å². The fraction of sp³-hybridized carbons (Fsp3) is 0.368. The molecular weight excluding hydrogens is 392 g/mol. The Morgan fingerprint density at radius 2 is 2.00 bits per heavy atom. The Balaban J connectivity index is 1.58. The number of hydrogen-bond acceptors (Lipinski definition) is 7. The molecule has 0 saturated carbocycles. The van der Waals surface area contributed by atoms with Gasteiger partial charge in [0.1, 0.15) is 5.56 Å². The molecular formula is C19H23ClN8O. The average molecular weight is 415 g/mol. The molecule has 0 bridgehead atoms. The van der Waals surface area contributed by atoms with Gasteiger partial charge in [-0.05, 0) is 19.9 Å². The second kappa shape index (κ2) is 7.84. The maximum Gasteiger partial charge on any atom is 0.263 e. The number of carbonyl (C=O) groups excluding carboxylic acids is 1. The molecule has 29 heavy (non-hydrogen) atoms. The molecule has 3 aromatic rings. The van der Waals surface area contributed by atoms with E-state index in [2.05, 4.69) is 44.0 Å². The van der Waals surface area contributed by atoms with Gasteiger partial charge in [0, 0.05) is 44.6 Å². The average Bonchev–Trinajstić information content (AvgIpc) is 3.03. The van der Waals surface area contributed by atoms with Crippen molar-refractivity contribution in [3.63, 3.8) is 0 Å². The van der Waals surface area contributed by atoms with E-state index in [4.69, 9.17) is 17.3 Å². The van der Waals surface area contributed by atoms with Crippen LogP contribution in [0.4, 0.5) is 17.2 Å². The Morgan fingerprint density at radius 1 is 1.24 bits per heavy atom. The van der Waals surface area contributed by atoms with Crippen LogP contribution in [0.5, 0.6) is 0 Å². The number of halogens is 1. The fourth-order valence-corrected chi connectivity index (χ4v) is 3.71. The Bertz CT molecular complexity index is 1040. The molecule has 0 aromatic carbocycles. The standard InChI is InChI=1S/C19H23ClN8O/c1-12(2)26-5-7-27(8-6-26)15-3-4-22-10-14(15)24-19(29)16-17(21)25-28-11-13(20)9-23-18(16)28/h3-4,9-12H,5-8H2,1-2H3,(H2,21,25)(H,24,29). The number of nitrogens with two attached hydrogens (primary N) is 1. The van der Waals surface area contributed by atoms with Crippen molar-refractivity contribution in [2.24, 2.45) is 0 Å². The van der Waals surface area contributed by atoms with E-state index < -0.39 is 0 Å². The number of anilines is 3. The van der Waals surface area contributed by atoms with Crippen LogP contribution in [0.3, 0.4) is 0 Å². The number of pyridine rings is 1. The van der Waals surface area contributed by atoms with Crippen LogP contribution < -0.4 is 16.0 Å². The van der Waals surface area contributed by atoms with E-state index in [0.717, 1.165) is 31.9 Å². The number of nitrogens with one attached hydrogen (secondary N) is 1. The maximum atomic E-state index is 13.0. The largest absolute Gasteiger partial charge is 0.381 e. The van der Waals surface area contributed by atoms with Crippen molar-refractivity contribution in [2.75, 3.05) is 42.1 Å². The predicted molar refractivity (Wildman–Crippen MR) is 114 cm³/mol. The third kappa shape index (κ3) is 3.83. The summed E-state index contributed by atoms with van der Waals surface area (Å²) in [5.74, 6) is -0.296. The van der Waals surface area contributed by atoms with E-state index in [1.807, 2.05) is 6.07 Å². The molecule has 3 aromatic heterocycles. The summed E-state index contributed by atoms with van der Waals surface area (Å²) in [7, 11) is 0. The number of piperazine rings is 1. The van der Waals surface area contributed by atoms with Crippen molar-refractivity contribution in [1.82, 2.24) is 24.5 Å². The van der Waals surface area contributed by atoms with Gasteiger partial charge < -0.3 is 16.0 Å². The molecule has 1 fully saturated rings. The minimum atomic E-state index is -0.387. The molecule has 152 valence electrons. The highest BCUT2D eigenvalue weighted by molar-refractivity contribution is 6.30. The summed E-state index contributed by atoms with van der Waals surface area (Å²) >= 11 is 5.94. The van der Waals surface area contributed by atoms with Gasteiger partial charge in [-0.25, -0.2) is 9.50 Å². The first-order chi connectivity index (χ1) is 13.9. The van der Waals surface area contributed by atoms with Crippen LogP contribution in [0.25, 0.3) is 5.65 Å². The van der Waals surface area contributed by atoms with Crippen LogP contribution in [0.1, 0.15) is 24.2 Å². The molecule has 0 atom stereocenters. The summed E-state index contributed by atoms with van der Waals surface area (Å²) < 4.78 is 1.40. The van der Waals surface area contributed by atoms with Gasteiger partial charge in [0.25, 0.3) is 5.91 Å². The monoisotopic (exact) mass is 414 g/mol. The van der Waals surface area contributed by atoms with Crippen molar-refractivity contribution >= 4 is 40.3 Å². The van der Waals surface area contributed by atoms with Crippen molar-refractivity contribution < 1.29 is 4.79 Å². The van der Waals surface area contributed by atoms with Gasteiger partial charge in [-0.1, -0.05) is 11.6 Å². The molecule has 0 aliphatic carbocycles. The van der Waals surface area contributed by atoms with Crippen LogP contribution >= 0.6 is 11.6 Å². The van der Waals surface area contributed by atoms with Crippen LogP contribution in [-0.4, -0.2) is 62.6 Å². The fourth-order valence-electron chi connectivity index (χ4n) is 3.57. The summed E-state index contributed by atoms with van der Waals surface area (Å²) in [6.45, 7) is 8.11. The number of nitrogens with zero attached hydrogens (tertiary/aromatic N) is 6. The number of amides is 1. The topological polar surface area (TPSA) is 105 Å². The van der Waals surface area contributed by atoms with Gasteiger partial charge in [0.05, 0.1) is 28.8 Å². The van der Waals surface area contributed by atoms with Crippen LogP contribution in [0.2, 0.25) is 5.02 Å². The summed E-state index contributed by atoms with van der Waals surface area (Å²) in [5.41, 5.74) is 8.09. The summed E-state index contributed by atoms with van der Waals surface area (Å²) in [6, 6.07) is 2.44. The third-order valence-corrected chi connectivity index (χ3v) is 5.32. The Labute approximate surface area is 173 Å². The number of fused-ring (bicyclic) bond motifs is 1. The molecule has 0 unspecified atom stereocenters. The first-order valence-corrected chi connectivity index (χ1v) is 9.85. The highest BCUT2D eigenvalue weighted by atomic mass is 35.5. The van der Waals surface area contributed by atoms with E-state index in [0.29, 0.717) is 22.4 Å². The molecule has 10 heteroatoms. The lowest BCUT2D eigenvalue weighted by molar-refractivity contribution is 0.102. The Hall–Kier alpha value is -2.91. The highest BCUT2D eigenvalue weighted by Gasteiger charge is 2.24. The number of aromatic nitrogens is 4. The van der Waals surface area contributed by atoms with Crippen molar-refractivity contribution in [2.45, 2.75) is 19.9 Å². The third-order valence-electron chi connectivity index (χ3n) is 5.13. The number of nitrogen functional groups attached to an aromatic ring is 1. The van der Waals surface area contributed by atoms with E-state index in [1.165, 1.54) is 10.7 Å². The van der Waals surface area contributed by atoms with Crippen LogP contribution in [-0.2, 0) is 0 Å². The van der Waals surface area contributed by atoms with Gasteiger partial charge in [-0.15, -0.1) is 5.10 Å². The molecule has 9 nitrogen and oxygen atoms in total. The van der Waals surface area contributed by atoms with Gasteiger partial charge in [0.2, 0.25) is 0 Å². The molecule has 1 amide bonds. The first kappa shape index (κ1) is 19.4. The minimum Gasteiger partial charge on any atom is -0.381 e. The molecule has 1 aliphatic heterocycles. The molecule has 0 spiro atoms. The zero-order valence-corrected chi connectivity index (χ0v) is 17.1.